The lowest BCUT2D eigenvalue weighted by Crippen LogP contribution is -2.07. The van der Waals surface area contributed by atoms with Crippen molar-refractivity contribution in [2.24, 2.45) is 7.05 Å². The predicted octanol–water partition coefficient (Wildman–Crippen LogP) is 2.85. The molecule has 2 aromatic rings. The maximum atomic E-state index is 13.3. The predicted molar refractivity (Wildman–Crippen MR) is 69.3 cm³/mol. The molecule has 0 amide bonds. The van der Waals surface area contributed by atoms with Gasteiger partial charge in [-0.25, -0.2) is 13.6 Å². The number of halogens is 2. The van der Waals surface area contributed by atoms with Crippen molar-refractivity contribution in [1.82, 2.24) is 9.78 Å². The smallest absolute Gasteiger partial charge is 0.359 e. The second-order valence-electron chi connectivity index (χ2n) is 4.30. The number of rotatable bonds is 3. The zero-order valence-corrected chi connectivity index (χ0v) is 11.4. The Morgan fingerprint density at radius 2 is 2.05 bits per heavy atom. The number of carbonyl (C=O) groups is 1. The highest BCUT2D eigenvalue weighted by molar-refractivity contribution is 5.91. The third kappa shape index (κ3) is 2.41. The molecule has 0 unspecified atom stereocenters. The maximum Gasteiger partial charge on any atom is 0.359 e. The summed E-state index contributed by atoms with van der Waals surface area (Å²) in [5, 5.41) is 4.08. The third-order valence-corrected chi connectivity index (χ3v) is 2.95. The Morgan fingerprint density at radius 3 is 2.65 bits per heavy atom. The third-order valence-electron chi connectivity index (χ3n) is 2.95. The highest BCUT2D eigenvalue weighted by Crippen LogP contribution is 2.26. The Labute approximate surface area is 115 Å². The number of nitrogens with zero attached hydrogens (tertiary/aromatic N) is 2. The number of carbonyl (C=O) groups excluding carboxylic acids is 1. The van der Waals surface area contributed by atoms with Gasteiger partial charge in [-0.1, -0.05) is 0 Å². The van der Waals surface area contributed by atoms with E-state index < -0.39 is 17.6 Å². The molecule has 0 bridgehead atoms. The van der Waals surface area contributed by atoms with Crippen LogP contribution < -0.4 is 0 Å². The number of aryl methyl sites for hydroxylation is 1. The minimum Gasteiger partial charge on any atom is -0.461 e. The Morgan fingerprint density at radius 1 is 1.35 bits per heavy atom. The molecular weight excluding hydrogens is 266 g/mol. The summed E-state index contributed by atoms with van der Waals surface area (Å²) in [4.78, 5) is 11.8. The SMILES string of the molecule is CCOC(=O)c1nn(C)c(-c2ccc(F)c(F)c2)c1C. The summed E-state index contributed by atoms with van der Waals surface area (Å²) in [7, 11) is 1.63. The van der Waals surface area contributed by atoms with Crippen molar-refractivity contribution in [3.8, 4) is 11.3 Å². The van der Waals surface area contributed by atoms with Crippen molar-refractivity contribution in [1.29, 1.82) is 0 Å². The van der Waals surface area contributed by atoms with Crippen LogP contribution in [0.25, 0.3) is 11.3 Å². The van der Waals surface area contributed by atoms with Crippen molar-refractivity contribution in [2.75, 3.05) is 6.61 Å². The molecule has 0 aliphatic carbocycles. The Balaban J connectivity index is 2.52. The minimum atomic E-state index is -0.944. The first kappa shape index (κ1) is 14.2. The van der Waals surface area contributed by atoms with E-state index in [1.54, 1.807) is 20.9 Å². The molecule has 0 saturated carbocycles. The van der Waals surface area contributed by atoms with Crippen molar-refractivity contribution < 1.29 is 18.3 Å². The van der Waals surface area contributed by atoms with E-state index in [0.717, 1.165) is 12.1 Å². The molecule has 0 atom stereocenters. The quantitative estimate of drug-likeness (QED) is 0.812. The summed E-state index contributed by atoms with van der Waals surface area (Å²) in [6.07, 6.45) is 0. The second-order valence-corrected chi connectivity index (χ2v) is 4.30. The number of benzene rings is 1. The fraction of sp³-hybridized carbons (Fsp3) is 0.286. The molecule has 0 aliphatic heterocycles. The van der Waals surface area contributed by atoms with Crippen molar-refractivity contribution in [3.63, 3.8) is 0 Å². The molecule has 0 fully saturated rings. The first-order chi connectivity index (χ1) is 9.45. The fourth-order valence-electron chi connectivity index (χ4n) is 2.07. The highest BCUT2D eigenvalue weighted by atomic mass is 19.2. The summed E-state index contributed by atoms with van der Waals surface area (Å²) < 4.78 is 32.7. The molecule has 0 N–H and O–H groups in total. The summed E-state index contributed by atoms with van der Waals surface area (Å²) >= 11 is 0. The van der Waals surface area contributed by atoms with Gasteiger partial charge in [-0.15, -0.1) is 0 Å². The molecule has 0 aliphatic rings. The first-order valence-corrected chi connectivity index (χ1v) is 6.11. The molecule has 1 aromatic heterocycles. The van der Waals surface area contributed by atoms with Crippen LogP contribution in [0.5, 0.6) is 0 Å². The molecule has 6 heteroatoms. The van der Waals surface area contributed by atoms with Gasteiger partial charge in [-0.05, 0) is 32.0 Å². The van der Waals surface area contributed by atoms with Gasteiger partial charge in [0.25, 0.3) is 0 Å². The van der Waals surface area contributed by atoms with Gasteiger partial charge >= 0.3 is 5.97 Å². The summed E-state index contributed by atoms with van der Waals surface area (Å²) in [5.74, 6) is -2.39. The topological polar surface area (TPSA) is 44.1 Å². The van der Waals surface area contributed by atoms with Gasteiger partial charge in [0.2, 0.25) is 0 Å². The zero-order chi connectivity index (χ0) is 14.9. The molecule has 4 nitrogen and oxygen atoms in total. The minimum absolute atomic E-state index is 0.175. The van der Waals surface area contributed by atoms with Crippen LogP contribution in [0, 0.1) is 18.6 Å². The summed E-state index contributed by atoms with van der Waals surface area (Å²) in [6, 6.07) is 3.56. The Bertz CT molecular complexity index is 665. The van der Waals surface area contributed by atoms with E-state index in [9.17, 15) is 13.6 Å². The molecule has 0 radical (unpaired) electrons. The largest absolute Gasteiger partial charge is 0.461 e. The van der Waals surface area contributed by atoms with Gasteiger partial charge in [-0.2, -0.15) is 5.10 Å². The Kier molecular flexibility index (Phi) is 3.83. The van der Waals surface area contributed by atoms with E-state index in [-0.39, 0.29) is 12.3 Å². The summed E-state index contributed by atoms with van der Waals surface area (Å²) in [5.41, 5.74) is 1.74. The summed E-state index contributed by atoms with van der Waals surface area (Å²) in [6.45, 7) is 3.64. The normalized spacial score (nSPS) is 10.7. The molecule has 0 spiro atoms. The molecule has 1 heterocycles. The van der Waals surface area contributed by atoms with Crippen LogP contribution in [0.4, 0.5) is 8.78 Å². The van der Waals surface area contributed by atoms with Crippen molar-refractivity contribution in [3.05, 3.63) is 41.1 Å². The van der Waals surface area contributed by atoms with Gasteiger partial charge < -0.3 is 4.74 Å². The maximum absolute atomic E-state index is 13.3. The number of esters is 1. The molecule has 106 valence electrons. The highest BCUT2D eigenvalue weighted by Gasteiger charge is 2.21. The van der Waals surface area contributed by atoms with Gasteiger partial charge in [0.1, 0.15) is 0 Å². The number of ether oxygens (including phenoxy) is 1. The average molecular weight is 280 g/mol. The van der Waals surface area contributed by atoms with Crippen LogP contribution in [0.3, 0.4) is 0 Å². The van der Waals surface area contributed by atoms with Crippen LogP contribution in [0.1, 0.15) is 23.0 Å². The standard InChI is InChI=1S/C14H14F2N2O2/c1-4-20-14(19)12-8(2)13(18(3)17-12)9-5-6-10(15)11(16)7-9/h5-7H,4H2,1-3H3. The van der Waals surface area contributed by atoms with Gasteiger partial charge in [0.05, 0.1) is 12.3 Å². The molecule has 1 aromatic carbocycles. The van der Waals surface area contributed by atoms with Crippen LogP contribution in [0.15, 0.2) is 18.2 Å². The Hall–Kier alpha value is -2.24. The fourth-order valence-corrected chi connectivity index (χ4v) is 2.07. The van der Waals surface area contributed by atoms with Crippen molar-refractivity contribution in [2.45, 2.75) is 13.8 Å². The van der Waals surface area contributed by atoms with Gasteiger partial charge in [0, 0.05) is 18.2 Å². The van der Waals surface area contributed by atoms with E-state index in [4.69, 9.17) is 4.74 Å². The van der Waals surface area contributed by atoms with Gasteiger partial charge in [0.15, 0.2) is 17.3 Å². The monoisotopic (exact) mass is 280 g/mol. The molecule has 2 rings (SSSR count). The lowest BCUT2D eigenvalue weighted by Gasteiger charge is -2.04. The number of aromatic nitrogens is 2. The van der Waals surface area contributed by atoms with Crippen LogP contribution in [0.2, 0.25) is 0 Å². The zero-order valence-electron chi connectivity index (χ0n) is 11.4. The van der Waals surface area contributed by atoms with E-state index >= 15 is 0 Å². The van der Waals surface area contributed by atoms with Crippen LogP contribution >= 0.6 is 0 Å². The lowest BCUT2D eigenvalue weighted by atomic mass is 10.1. The second kappa shape index (κ2) is 5.40. The van der Waals surface area contributed by atoms with E-state index in [0.29, 0.717) is 16.8 Å². The number of hydrogen-bond donors (Lipinski definition) is 0. The van der Waals surface area contributed by atoms with E-state index in [1.807, 2.05) is 0 Å². The lowest BCUT2D eigenvalue weighted by molar-refractivity contribution is 0.0517. The van der Waals surface area contributed by atoms with Crippen LogP contribution in [-0.2, 0) is 11.8 Å². The molecule has 20 heavy (non-hydrogen) atoms. The molecule has 0 saturated heterocycles. The van der Waals surface area contributed by atoms with Gasteiger partial charge in [-0.3, -0.25) is 4.68 Å². The number of hydrogen-bond acceptors (Lipinski definition) is 3. The van der Waals surface area contributed by atoms with E-state index in [1.165, 1.54) is 10.7 Å². The average Bonchev–Trinajstić information content (AvgIpc) is 2.69. The first-order valence-electron chi connectivity index (χ1n) is 6.11. The van der Waals surface area contributed by atoms with Crippen molar-refractivity contribution >= 4 is 5.97 Å². The molecular formula is C14H14F2N2O2. The van der Waals surface area contributed by atoms with E-state index in [2.05, 4.69) is 5.10 Å². The van der Waals surface area contributed by atoms with Crippen LogP contribution in [-0.4, -0.2) is 22.4 Å².